The molecule has 1 rings (SSSR count). The summed E-state index contributed by atoms with van der Waals surface area (Å²) in [6, 6.07) is 6.09. The first-order valence-electron chi connectivity index (χ1n) is 6.98. The number of hydrogen-bond donors (Lipinski definition) is 2. The highest BCUT2D eigenvalue weighted by Crippen LogP contribution is 2.13. The highest BCUT2D eigenvalue weighted by molar-refractivity contribution is 7.89. The number of carbonyl (C=O) groups excluding carboxylic acids is 1. The Labute approximate surface area is 126 Å². The zero-order chi connectivity index (χ0) is 15.9. The molecule has 1 amide bonds. The molecule has 0 radical (unpaired) electrons. The molecule has 7 heteroatoms. The molecule has 1 aromatic carbocycles. The Morgan fingerprint density at radius 1 is 1.14 bits per heavy atom. The molecule has 0 fully saturated rings. The molecule has 118 valence electrons. The normalized spacial score (nSPS) is 11.6. The molecule has 0 aromatic heterocycles. The van der Waals surface area contributed by atoms with Crippen molar-refractivity contribution in [2.45, 2.75) is 25.7 Å². The van der Waals surface area contributed by atoms with Gasteiger partial charge in [-0.3, -0.25) is 4.79 Å². The van der Waals surface area contributed by atoms with E-state index in [1.165, 1.54) is 19.1 Å². The molecular formula is C14H23N3O3S. The number of likely N-dealkylation sites (N-methyl/N-ethyl adjacent to an activating group) is 1. The van der Waals surface area contributed by atoms with Gasteiger partial charge in [0.25, 0.3) is 0 Å². The molecule has 1 aromatic rings. The minimum Gasteiger partial charge on any atom is -0.326 e. The lowest BCUT2D eigenvalue weighted by Gasteiger charge is -2.18. The lowest BCUT2D eigenvalue weighted by Crippen LogP contribution is -2.34. The fourth-order valence-electron chi connectivity index (χ4n) is 1.88. The molecule has 0 aliphatic heterocycles. The van der Waals surface area contributed by atoms with Crippen molar-refractivity contribution in [1.29, 1.82) is 0 Å². The minimum absolute atomic E-state index is 0.191. The molecule has 0 unspecified atom stereocenters. The second kappa shape index (κ2) is 8.11. The van der Waals surface area contributed by atoms with Crippen LogP contribution in [0.15, 0.2) is 29.2 Å². The van der Waals surface area contributed by atoms with Crippen LogP contribution < -0.4 is 10.0 Å². The largest absolute Gasteiger partial charge is 0.326 e. The molecule has 0 aliphatic carbocycles. The summed E-state index contributed by atoms with van der Waals surface area (Å²) in [7, 11) is -3.51. The summed E-state index contributed by atoms with van der Waals surface area (Å²) < 4.78 is 26.8. The van der Waals surface area contributed by atoms with Crippen molar-refractivity contribution < 1.29 is 13.2 Å². The highest BCUT2D eigenvalue weighted by atomic mass is 32.2. The van der Waals surface area contributed by atoms with Crippen LogP contribution in [-0.4, -0.2) is 45.4 Å². The van der Waals surface area contributed by atoms with Crippen molar-refractivity contribution >= 4 is 21.6 Å². The van der Waals surface area contributed by atoms with E-state index in [1.807, 2.05) is 13.8 Å². The molecule has 0 heterocycles. The van der Waals surface area contributed by atoms with Gasteiger partial charge >= 0.3 is 0 Å². The molecule has 2 N–H and O–H groups in total. The number of hydrogen-bond acceptors (Lipinski definition) is 4. The predicted octanol–water partition coefficient (Wildman–Crippen LogP) is 1.27. The minimum atomic E-state index is -3.51. The zero-order valence-electron chi connectivity index (χ0n) is 12.7. The van der Waals surface area contributed by atoms with Gasteiger partial charge in [-0.2, -0.15) is 0 Å². The maximum Gasteiger partial charge on any atom is 0.240 e. The first-order chi connectivity index (χ1) is 9.89. The summed E-state index contributed by atoms with van der Waals surface area (Å²) in [4.78, 5) is 13.2. The Morgan fingerprint density at radius 3 is 2.19 bits per heavy atom. The van der Waals surface area contributed by atoms with Crippen LogP contribution in [0.1, 0.15) is 20.8 Å². The number of benzene rings is 1. The van der Waals surface area contributed by atoms with Crippen molar-refractivity contribution in [1.82, 2.24) is 9.62 Å². The third-order valence-corrected chi connectivity index (χ3v) is 4.58. The van der Waals surface area contributed by atoms with Gasteiger partial charge in [-0.15, -0.1) is 0 Å². The Kier molecular flexibility index (Phi) is 6.80. The van der Waals surface area contributed by atoms with Crippen molar-refractivity contribution in [2.24, 2.45) is 0 Å². The van der Waals surface area contributed by atoms with Gasteiger partial charge in [-0.25, -0.2) is 13.1 Å². The van der Waals surface area contributed by atoms with Gasteiger partial charge in [0.05, 0.1) is 4.90 Å². The number of carbonyl (C=O) groups is 1. The summed E-state index contributed by atoms with van der Waals surface area (Å²) in [5, 5.41) is 2.60. The maximum absolute atomic E-state index is 12.1. The van der Waals surface area contributed by atoms with E-state index in [2.05, 4.69) is 14.9 Å². The zero-order valence-corrected chi connectivity index (χ0v) is 13.5. The smallest absolute Gasteiger partial charge is 0.240 e. The van der Waals surface area contributed by atoms with Crippen LogP contribution in [0.2, 0.25) is 0 Å². The predicted molar refractivity (Wildman–Crippen MR) is 83.7 cm³/mol. The molecule has 0 bridgehead atoms. The lowest BCUT2D eigenvalue weighted by atomic mass is 10.3. The second-order valence-corrected chi connectivity index (χ2v) is 6.40. The number of anilines is 1. The summed E-state index contributed by atoms with van der Waals surface area (Å²) in [5.74, 6) is -0.192. The fourth-order valence-corrected chi connectivity index (χ4v) is 2.90. The summed E-state index contributed by atoms with van der Waals surface area (Å²) in [6.45, 7) is 8.32. The van der Waals surface area contributed by atoms with Crippen molar-refractivity contribution in [2.75, 3.05) is 31.5 Å². The van der Waals surface area contributed by atoms with Crippen LogP contribution in [-0.2, 0) is 14.8 Å². The molecule has 0 saturated carbocycles. The van der Waals surface area contributed by atoms with Gasteiger partial charge in [0.1, 0.15) is 0 Å². The van der Waals surface area contributed by atoms with Gasteiger partial charge in [-0.1, -0.05) is 13.8 Å². The molecule has 6 nitrogen and oxygen atoms in total. The van der Waals surface area contributed by atoms with Crippen LogP contribution >= 0.6 is 0 Å². The average Bonchev–Trinajstić information content (AvgIpc) is 2.43. The van der Waals surface area contributed by atoms with Crippen LogP contribution in [0.5, 0.6) is 0 Å². The maximum atomic E-state index is 12.1. The first kappa shape index (κ1) is 17.6. The molecule has 0 spiro atoms. The lowest BCUT2D eigenvalue weighted by molar-refractivity contribution is -0.114. The summed E-state index contributed by atoms with van der Waals surface area (Å²) >= 11 is 0. The molecule has 0 atom stereocenters. The fraction of sp³-hybridized carbons (Fsp3) is 0.500. The SMILES string of the molecule is CCN(CC)CCNS(=O)(=O)c1ccc(NC(C)=O)cc1. The van der Waals surface area contributed by atoms with Crippen LogP contribution in [0.25, 0.3) is 0 Å². The second-order valence-electron chi connectivity index (χ2n) is 4.63. The van der Waals surface area contributed by atoms with Gasteiger partial charge < -0.3 is 10.2 Å². The standard InChI is InChI=1S/C14H23N3O3S/c1-4-17(5-2)11-10-15-21(19,20)14-8-6-13(7-9-14)16-12(3)18/h6-9,15H,4-5,10-11H2,1-3H3,(H,16,18). The van der Waals surface area contributed by atoms with Crippen molar-refractivity contribution in [3.05, 3.63) is 24.3 Å². The molecule has 21 heavy (non-hydrogen) atoms. The topological polar surface area (TPSA) is 78.5 Å². The number of rotatable bonds is 8. The van der Waals surface area contributed by atoms with Crippen LogP contribution in [0.3, 0.4) is 0 Å². The van der Waals surface area contributed by atoms with Crippen LogP contribution in [0, 0.1) is 0 Å². The molecule has 0 saturated heterocycles. The van der Waals surface area contributed by atoms with E-state index >= 15 is 0 Å². The van der Waals surface area contributed by atoms with Gasteiger partial charge in [0, 0.05) is 25.7 Å². The Morgan fingerprint density at radius 2 is 1.71 bits per heavy atom. The first-order valence-corrected chi connectivity index (χ1v) is 8.47. The molecule has 0 aliphatic rings. The summed E-state index contributed by atoms with van der Waals surface area (Å²) in [5.41, 5.74) is 0.574. The Bertz CT molecular complexity index is 551. The number of nitrogens with zero attached hydrogens (tertiary/aromatic N) is 1. The monoisotopic (exact) mass is 313 g/mol. The molecular weight excluding hydrogens is 290 g/mol. The number of sulfonamides is 1. The Hall–Kier alpha value is -1.44. The van der Waals surface area contributed by atoms with Gasteiger partial charge in [-0.05, 0) is 37.4 Å². The van der Waals surface area contributed by atoms with Gasteiger partial charge in [0.15, 0.2) is 0 Å². The van der Waals surface area contributed by atoms with E-state index in [0.717, 1.165) is 13.1 Å². The van der Waals surface area contributed by atoms with Crippen molar-refractivity contribution in [3.8, 4) is 0 Å². The quantitative estimate of drug-likeness (QED) is 0.757. The van der Waals surface area contributed by atoms with E-state index in [1.54, 1.807) is 12.1 Å². The van der Waals surface area contributed by atoms with E-state index in [0.29, 0.717) is 18.8 Å². The highest BCUT2D eigenvalue weighted by Gasteiger charge is 2.13. The van der Waals surface area contributed by atoms with Crippen LogP contribution in [0.4, 0.5) is 5.69 Å². The Balaban J connectivity index is 2.63. The average molecular weight is 313 g/mol. The third-order valence-electron chi connectivity index (χ3n) is 3.10. The van der Waals surface area contributed by atoms with Crippen molar-refractivity contribution in [3.63, 3.8) is 0 Å². The van der Waals surface area contributed by atoms with E-state index in [-0.39, 0.29) is 10.8 Å². The number of amides is 1. The van der Waals surface area contributed by atoms with E-state index < -0.39 is 10.0 Å². The van der Waals surface area contributed by atoms with E-state index in [9.17, 15) is 13.2 Å². The third kappa shape index (κ3) is 5.82. The summed E-state index contributed by atoms with van der Waals surface area (Å²) in [6.07, 6.45) is 0. The van der Waals surface area contributed by atoms with E-state index in [4.69, 9.17) is 0 Å². The number of nitrogens with one attached hydrogen (secondary N) is 2. The van der Waals surface area contributed by atoms with Gasteiger partial charge in [0.2, 0.25) is 15.9 Å².